The van der Waals surface area contributed by atoms with Crippen molar-refractivity contribution in [1.82, 2.24) is 4.31 Å². The molecular formula is C13H20N2O2S. The van der Waals surface area contributed by atoms with Crippen LogP contribution in [0.1, 0.15) is 29.9 Å². The molecule has 1 aliphatic heterocycles. The Labute approximate surface area is 109 Å². The van der Waals surface area contributed by atoms with Crippen LogP contribution in [0.25, 0.3) is 0 Å². The van der Waals surface area contributed by atoms with E-state index in [2.05, 4.69) is 6.07 Å². The molecule has 0 bridgehead atoms. The third-order valence-corrected chi connectivity index (χ3v) is 5.08. The quantitative estimate of drug-likeness (QED) is 0.831. The molecule has 0 amide bonds. The summed E-state index contributed by atoms with van der Waals surface area (Å²) in [4.78, 5) is 0. The van der Waals surface area contributed by atoms with Crippen LogP contribution in [0, 0.1) is 6.92 Å². The van der Waals surface area contributed by atoms with Gasteiger partial charge in [-0.15, -0.1) is 0 Å². The van der Waals surface area contributed by atoms with Crippen molar-refractivity contribution in [3.8, 4) is 0 Å². The lowest BCUT2D eigenvalue weighted by molar-refractivity contribution is 0.321. The van der Waals surface area contributed by atoms with E-state index in [1.165, 1.54) is 11.8 Å². The Morgan fingerprint density at radius 2 is 1.89 bits per heavy atom. The van der Waals surface area contributed by atoms with Crippen LogP contribution < -0.4 is 5.73 Å². The minimum Gasteiger partial charge on any atom is -0.399 e. The molecule has 1 fully saturated rings. The van der Waals surface area contributed by atoms with Gasteiger partial charge in [-0.1, -0.05) is 12.1 Å². The van der Waals surface area contributed by atoms with E-state index in [1.807, 2.05) is 19.1 Å². The Morgan fingerprint density at radius 3 is 2.44 bits per heavy atom. The highest BCUT2D eigenvalue weighted by atomic mass is 32.2. The number of nitrogen functional groups attached to an aromatic ring is 1. The van der Waals surface area contributed by atoms with Gasteiger partial charge in [-0.05, 0) is 42.9 Å². The molecule has 0 spiro atoms. The predicted molar refractivity (Wildman–Crippen MR) is 74.0 cm³/mol. The van der Waals surface area contributed by atoms with E-state index in [-0.39, 0.29) is 0 Å². The second kappa shape index (κ2) is 4.90. The molecule has 0 aliphatic carbocycles. The van der Waals surface area contributed by atoms with Gasteiger partial charge in [0.15, 0.2) is 0 Å². The summed E-state index contributed by atoms with van der Waals surface area (Å²) in [6.07, 6.45) is 3.02. The van der Waals surface area contributed by atoms with Crippen molar-refractivity contribution in [2.24, 2.45) is 0 Å². The van der Waals surface area contributed by atoms with Crippen LogP contribution in [0.2, 0.25) is 0 Å². The van der Waals surface area contributed by atoms with Gasteiger partial charge in [-0.3, -0.25) is 0 Å². The Morgan fingerprint density at radius 1 is 1.28 bits per heavy atom. The Kier molecular flexibility index (Phi) is 3.64. The van der Waals surface area contributed by atoms with Crippen LogP contribution in [-0.4, -0.2) is 32.1 Å². The van der Waals surface area contributed by atoms with E-state index >= 15 is 0 Å². The van der Waals surface area contributed by atoms with Gasteiger partial charge in [0.05, 0.1) is 6.26 Å². The molecule has 100 valence electrons. The van der Waals surface area contributed by atoms with Crippen LogP contribution in [0.4, 0.5) is 5.69 Å². The van der Waals surface area contributed by atoms with Gasteiger partial charge in [0.25, 0.3) is 0 Å². The highest BCUT2D eigenvalue weighted by Crippen LogP contribution is 2.32. The van der Waals surface area contributed by atoms with Gasteiger partial charge in [-0.2, -0.15) is 0 Å². The monoisotopic (exact) mass is 268 g/mol. The molecule has 1 heterocycles. The fraction of sp³-hybridized carbons (Fsp3) is 0.538. The van der Waals surface area contributed by atoms with Crippen molar-refractivity contribution in [1.29, 1.82) is 0 Å². The first-order valence-electron chi connectivity index (χ1n) is 6.19. The number of nitrogens with zero attached hydrogens (tertiary/aromatic N) is 1. The van der Waals surface area contributed by atoms with E-state index in [1.54, 1.807) is 4.31 Å². The van der Waals surface area contributed by atoms with Crippen molar-refractivity contribution in [3.05, 3.63) is 29.3 Å². The molecule has 1 saturated heterocycles. The molecule has 2 N–H and O–H groups in total. The van der Waals surface area contributed by atoms with Crippen molar-refractivity contribution in [2.75, 3.05) is 25.1 Å². The van der Waals surface area contributed by atoms with E-state index < -0.39 is 10.0 Å². The molecule has 0 unspecified atom stereocenters. The number of hydrogen-bond acceptors (Lipinski definition) is 3. The summed E-state index contributed by atoms with van der Waals surface area (Å²) in [6, 6.07) is 5.98. The number of nitrogens with two attached hydrogens (primary N) is 1. The highest BCUT2D eigenvalue weighted by Gasteiger charge is 2.26. The molecule has 4 nitrogen and oxygen atoms in total. The van der Waals surface area contributed by atoms with E-state index in [4.69, 9.17) is 5.73 Å². The Balaban J connectivity index is 2.13. The van der Waals surface area contributed by atoms with Crippen LogP contribution in [0.5, 0.6) is 0 Å². The second-order valence-corrected chi connectivity index (χ2v) is 6.98. The van der Waals surface area contributed by atoms with Gasteiger partial charge in [0, 0.05) is 18.8 Å². The number of rotatable bonds is 2. The summed E-state index contributed by atoms with van der Waals surface area (Å²) in [7, 11) is -3.04. The van der Waals surface area contributed by atoms with E-state index in [9.17, 15) is 8.42 Å². The maximum Gasteiger partial charge on any atom is 0.211 e. The first-order chi connectivity index (χ1) is 8.39. The summed E-state index contributed by atoms with van der Waals surface area (Å²) in [5.74, 6) is 0.423. The Bertz CT molecular complexity index is 532. The minimum atomic E-state index is -3.04. The molecule has 18 heavy (non-hydrogen) atoms. The molecule has 2 rings (SSSR count). The number of piperidine rings is 1. The molecule has 1 aromatic rings. The van der Waals surface area contributed by atoms with Crippen molar-refractivity contribution < 1.29 is 8.42 Å². The third kappa shape index (κ3) is 2.67. The average Bonchev–Trinajstić information content (AvgIpc) is 2.32. The van der Waals surface area contributed by atoms with Gasteiger partial charge < -0.3 is 5.73 Å². The summed E-state index contributed by atoms with van der Waals surface area (Å²) >= 11 is 0. The Hall–Kier alpha value is -1.07. The molecule has 0 radical (unpaired) electrons. The summed E-state index contributed by atoms with van der Waals surface area (Å²) in [6.45, 7) is 3.25. The van der Waals surface area contributed by atoms with E-state index in [0.29, 0.717) is 19.0 Å². The maximum atomic E-state index is 11.5. The lowest BCUT2D eigenvalue weighted by atomic mass is 9.87. The van der Waals surface area contributed by atoms with E-state index in [0.717, 1.165) is 24.1 Å². The van der Waals surface area contributed by atoms with Crippen molar-refractivity contribution in [2.45, 2.75) is 25.7 Å². The highest BCUT2D eigenvalue weighted by molar-refractivity contribution is 7.88. The molecule has 1 aliphatic rings. The SMILES string of the molecule is Cc1c(N)cccc1C1CCN(S(C)(=O)=O)CC1. The van der Waals surface area contributed by atoms with Crippen LogP contribution in [-0.2, 0) is 10.0 Å². The van der Waals surface area contributed by atoms with Crippen LogP contribution in [0.3, 0.4) is 0 Å². The first-order valence-corrected chi connectivity index (χ1v) is 8.04. The fourth-order valence-corrected chi connectivity index (χ4v) is 3.49. The average molecular weight is 268 g/mol. The van der Waals surface area contributed by atoms with Gasteiger partial charge in [0.1, 0.15) is 0 Å². The van der Waals surface area contributed by atoms with Gasteiger partial charge in [0.2, 0.25) is 10.0 Å². The van der Waals surface area contributed by atoms with Gasteiger partial charge >= 0.3 is 0 Å². The molecule has 0 saturated carbocycles. The third-order valence-electron chi connectivity index (χ3n) is 3.78. The molecule has 0 atom stereocenters. The smallest absolute Gasteiger partial charge is 0.211 e. The maximum absolute atomic E-state index is 11.5. The number of sulfonamides is 1. The zero-order valence-electron chi connectivity index (χ0n) is 10.9. The number of benzene rings is 1. The molecule has 0 aromatic heterocycles. The lowest BCUT2D eigenvalue weighted by Gasteiger charge is -2.31. The zero-order valence-corrected chi connectivity index (χ0v) is 11.7. The summed E-state index contributed by atoms with van der Waals surface area (Å²) < 4.78 is 24.5. The minimum absolute atomic E-state index is 0.423. The van der Waals surface area contributed by atoms with Crippen molar-refractivity contribution in [3.63, 3.8) is 0 Å². The van der Waals surface area contributed by atoms with Crippen LogP contribution >= 0.6 is 0 Å². The fourth-order valence-electron chi connectivity index (χ4n) is 2.61. The lowest BCUT2D eigenvalue weighted by Crippen LogP contribution is -2.37. The second-order valence-electron chi connectivity index (χ2n) is 5.00. The summed E-state index contributed by atoms with van der Waals surface area (Å²) in [5, 5.41) is 0. The first kappa shape index (κ1) is 13.4. The molecule has 1 aromatic carbocycles. The molecule has 5 heteroatoms. The largest absolute Gasteiger partial charge is 0.399 e. The van der Waals surface area contributed by atoms with Crippen LogP contribution in [0.15, 0.2) is 18.2 Å². The predicted octanol–water partition coefficient (Wildman–Crippen LogP) is 1.72. The summed E-state index contributed by atoms with van der Waals surface area (Å²) in [5.41, 5.74) is 9.14. The number of anilines is 1. The normalized spacial score (nSPS) is 19.0. The standard InChI is InChI=1S/C13H20N2O2S/c1-10-12(4-3-5-13(10)14)11-6-8-15(9-7-11)18(2,16)17/h3-5,11H,6-9,14H2,1-2H3. The van der Waals surface area contributed by atoms with Gasteiger partial charge in [-0.25, -0.2) is 12.7 Å². The number of hydrogen-bond donors (Lipinski definition) is 1. The van der Waals surface area contributed by atoms with Crippen molar-refractivity contribution >= 4 is 15.7 Å². The topological polar surface area (TPSA) is 63.4 Å². The molecular weight excluding hydrogens is 248 g/mol. The zero-order chi connectivity index (χ0) is 13.3.